The summed E-state index contributed by atoms with van der Waals surface area (Å²) in [7, 11) is -0.167. The molecule has 0 heterocycles. The van der Waals surface area contributed by atoms with Gasteiger partial charge in [-0.2, -0.15) is 68.3 Å². The van der Waals surface area contributed by atoms with E-state index in [0.717, 1.165) is 25.7 Å². The molecular weight excluding hydrogens is 476 g/mol. The molecule has 0 unspecified atom stereocenters. The van der Waals surface area contributed by atoms with Gasteiger partial charge >= 0.3 is 21.7 Å². The van der Waals surface area contributed by atoms with Crippen molar-refractivity contribution in [1.29, 1.82) is 0 Å². The summed E-state index contributed by atoms with van der Waals surface area (Å²) in [5, 5.41) is 18.1. The largest absolute Gasteiger partial charge is 4.00 e. The number of rotatable bonds is 3. The van der Waals surface area contributed by atoms with Crippen molar-refractivity contribution in [3.63, 3.8) is 0 Å². The summed E-state index contributed by atoms with van der Waals surface area (Å²) in [6, 6.07) is 30.1. The second kappa shape index (κ2) is 18.9. The van der Waals surface area contributed by atoms with Gasteiger partial charge in [-0.3, -0.25) is 0 Å². The van der Waals surface area contributed by atoms with Crippen LogP contribution in [0.15, 0.2) is 72.8 Å². The Kier molecular flexibility index (Phi) is 20.7. The molecule has 0 bridgehead atoms. The van der Waals surface area contributed by atoms with Crippen molar-refractivity contribution >= 4 is 24.2 Å². The molecule has 0 atom stereocenters. The van der Waals surface area contributed by atoms with Gasteiger partial charge in [0.2, 0.25) is 0 Å². The first kappa shape index (κ1) is 36.1. The minimum Gasteiger partial charge on any atom is -0.857 e. The Hall–Kier alpha value is -1.47. The zero-order valence-corrected chi connectivity index (χ0v) is 23.2. The van der Waals surface area contributed by atoms with Gasteiger partial charge in [0.1, 0.15) is 5.75 Å². The predicted octanol–water partition coefficient (Wildman–Crippen LogP) is 3.29. The molecule has 0 fully saturated rings. The smallest absolute Gasteiger partial charge is 0.857 e. The molecular formula is C27H40O3Si2Ti. The summed E-state index contributed by atoms with van der Waals surface area (Å²) in [4.78, 5) is 0. The molecule has 0 saturated heterocycles. The second-order valence-electron chi connectivity index (χ2n) is 8.29. The minimum atomic E-state index is -1.67. The van der Waals surface area contributed by atoms with Crippen LogP contribution in [0.2, 0.25) is 18.1 Å². The Morgan fingerprint density at radius 2 is 1.33 bits per heavy atom. The summed E-state index contributed by atoms with van der Waals surface area (Å²) in [5.41, 5.74) is 1.25. The molecule has 0 radical (unpaired) electrons. The van der Waals surface area contributed by atoms with Gasteiger partial charge in [-0.15, -0.1) is 11.3 Å². The topological polar surface area (TPSA) is 55.3 Å². The van der Waals surface area contributed by atoms with Crippen LogP contribution in [0.3, 0.4) is 0 Å². The van der Waals surface area contributed by atoms with Gasteiger partial charge in [0, 0.05) is 13.8 Å². The van der Waals surface area contributed by atoms with Crippen LogP contribution in [-0.2, 0) is 21.7 Å². The molecule has 0 aliphatic rings. The molecule has 0 aliphatic heterocycles. The maximum absolute atomic E-state index is 8.25. The molecule has 0 amide bonds. The number of hydrogen-bond donors (Lipinski definition) is 0. The number of benzene rings is 3. The van der Waals surface area contributed by atoms with E-state index in [1.165, 1.54) is 10.8 Å². The van der Waals surface area contributed by atoms with Crippen molar-refractivity contribution in [2.45, 2.75) is 45.8 Å². The number of aryl methyl sites for hydroxylation is 1. The standard InChI is InChI=1S/C19H25OSi.C6H5.2CH3O.H4Si.Ti/c1-15-12-13-17(20-16-10-8-7-9-11-16)18(14-15)21(5,6)19(2,3)4;1-2-4-6-5-3-1;2*1-2;;/h7-12,14H,1-6H3;1-5H;2*1H3;1H4;/q4*-1;;+4. The van der Waals surface area contributed by atoms with Crippen LogP contribution < -0.4 is 20.1 Å². The van der Waals surface area contributed by atoms with E-state index in [0.29, 0.717) is 0 Å². The fourth-order valence-corrected chi connectivity index (χ4v) is 4.58. The van der Waals surface area contributed by atoms with Crippen molar-refractivity contribution in [2.75, 3.05) is 14.2 Å². The van der Waals surface area contributed by atoms with Gasteiger partial charge in [-0.25, -0.2) is 0 Å². The third kappa shape index (κ3) is 12.5. The maximum atomic E-state index is 8.25. The molecule has 0 aliphatic carbocycles. The van der Waals surface area contributed by atoms with E-state index >= 15 is 0 Å². The molecule has 33 heavy (non-hydrogen) atoms. The summed E-state index contributed by atoms with van der Waals surface area (Å²) in [6.45, 7) is 13.9. The Labute approximate surface area is 222 Å². The van der Waals surface area contributed by atoms with Crippen molar-refractivity contribution in [2.24, 2.45) is 0 Å². The van der Waals surface area contributed by atoms with Gasteiger partial charge < -0.3 is 14.9 Å². The monoisotopic (exact) mass is 516 g/mol. The summed E-state index contributed by atoms with van der Waals surface area (Å²) < 4.78 is 6.13. The third-order valence-corrected chi connectivity index (χ3v) is 10.6. The van der Waals surface area contributed by atoms with E-state index in [-0.39, 0.29) is 37.7 Å². The molecule has 3 aromatic carbocycles. The van der Waals surface area contributed by atoms with E-state index in [2.05, 4.69) is 59.0 Å². The molecule has 0 spiro atoms. The summed E-state index contributed by atoms with van der Waals surface area (Å²) >= 11 is 0. The van der Waals surface area contributed by atoms with Crippen molar-refractivity contribution in [1.82, 2.24) is 0 Å². The normalized spacial score (nSPS) is 9.64. The Bertz CT molecular complexity index is 810. The molecule has 6 heteroatoms. The van der Waals surface area contributed by atoms with E-state index < -0.39 is 8.07 Å². The molecule has 3 aromatic rings. The Morgan fingerprint density at radius 3 is 1.73 bits per heavy atom. The van der Waals surface area contributed by atoms with Crippen LogP contribution in [-0.4, -0.2) is 33.3 Å². The van der Waals surface area contributed by atoms with Crippen molar-refractivity contribution in [3.8, 4) is 11.5 Å². The molecule has 0 N–H and O–H groups in total. The second-order valence-corrected chi connectivity index (χ2v) is 13.6. The van der Waals surface area contributed by atoms with Gasteiger partial charge in [-0.05, 0) is 28.1 Å². The maximum Gasteiger partial charge on any atom is 4.00 e. The fourth-order valence-electron chi connectivity index (χ4n) is 2.49. The third-order valence-electron chi connectivity index (χ3n) is 5.17. The van der Waals surface area contributed by atoms with Crippen LogP contribution in [0.1, 0.15) is 26.3 Å². The molecule has 178 valence electrons. The van der Waals surface area contributed by atoms with Crippen LogP contribution >= 0.6 is 0 Å². The van der Waals surface area contributed by atoms with E-state index in [1.807, 2.05) is 66.7 Å². The number of ether oxygens (including phenoxy) is 1. The summed E-state index contributed by atoms with van der Waals surface area (Å²) in [5.74, 6) is 1.76. The Morgan fingerprint density at radius 1 is 0.848 bits per heavy atom. The van der Waals surface area contributed by atoms with Gasteiger partial charge in [0.15, 0.2) is 0 Å². The average Bonchev–Trinajstić information content (AvgIpc) is 2.79. The molecule has 3 rings (SSSR count). The quantitative estimate of drug-likeness (QED) is 0.397. The van der Waals surface area contributed by atoms with E-state index in [9.17, 15) is 0 Å². The number of hydrogen-bond acceptors (Lipinski definition) is 3. The SMILES string of the molecule is C[O-].C[O-].Cc1c[c-]c(Oc2ccccc2)c([Si](C)(C)C(C)(C)C)c1.[SiH4].[Ti+4].[c-]1ccccc1. The molecule has 0 aromatic heterocycles. The van der Waals surface area contributed by atoms with Gasteiger partial charge in [0.05, 0.1) is 0 Å². The van der Waals surface area contributed by atoms with Gasteiger partial charge in [-0.1, -0.05) is 59.0 Å². The predicted molar refractivity (Wildman–Crippen MR) is 142 cm³/mol. The zero-order valence-electron chi connectivity index (χ0n) is 20.7. The fraction of sp³-hybridized carbons (Fsp3) is 0.333. The Balaban J connectivity index is -0.000000636. The summed E-state index contributed by atoms with van der Waals surface area (Å²) in [6.07, 6.45) is 0. The minimum absolute atomic E-state index is 0. The van der Waals surface area contributed by atoms with E-state index in [1.54, 1.807) is 0 Å². The number of para-hydroxylation sites is 1. The average molecular weight is 517 g/mol. The molecule has 0 saturated carbocycles. The first-order chi connectivity index (χ1) is 14.7. The van der Waals surface area contributed by atoms with Gasteiger partial charge in [0.25, 0.3) is 0 Å². The van der Waals surface area contributed by atoms with Crippen LogP contribution in [0.4, 0.5) is 0 Å². The van der Waals surface area contributed by atoms with Crippen molar-refractivity contribution in [3.05, 3.63) is 90.5 Å². The van der Waals surface area contributed by atoms with Crippen molar-refractivity contribution < 1.29 is 36.7 Å². The molecule has 3 nitrogen and oxygen atoms in total. The van der Waals surface area contributed by atoms with Crippen LogP contribution in [0.25, 0.3) is 0 Å². The zero-order chi connectivity index (χ0) is 23.9. The van der Waals surface area contributed by atoms with E-state index in [4.69, 9.17) is 14.9 Å². The first-order valence-electron chi connectivity index (χ1n) is 10.2. The van der Waals surface area contributed by atoms with Crippen LogP contribution in [0, 0.1) is 19.1 Å². The first-order valence-corrected chi connectivity index (χ1v) is 13.2. The van der Waals surface area contributed by atoms with Crippen LogP contribution in [0.5, 0.6) is 11.5 Å².